The number of para-hydroxylation sites is 1. The van der Waals surface area contributed by atoms with E-state index >= 15 is 0 Å². The Morgan fingerprint density at radius 2 is 2.24 bits per heavy atom. The minimum atomic E-state index is -0.250. The first-order valence-electron chi connectivity index (χ1n) is 5.57. The third kappa shape index (κ3) is 1.78. The highest BCUT2D eigenvalue weighted by atomic mass is 16.5. The van der Waals surface area contributed by atoms with E-state index in [4.69, 9.17) is 15.0 Å². The average molecular weight is 231 g/mol. The maximum atomic E-state index is 5.76. The molecule has 1 aromatic carbocycles. The molecular formula is C12H13N3O2. The fourth-order valence-corrected chi connectivity index (χ4v) is 1.89. The Morgan fingerprint density at radius 3 is 2.94 bits per heavy atom. The van der Waals surface area contributed by atoms with Gasteiger partial charge < -0.3 is 15.0 Å². The highest BCUT2D eigenvalue weighted by Gasteiger charge is 2.28. The number of rotatable bonds is 2. The van der Waals surface area contributed by atoms with Crippen LogP contribution in [0, 0.1) is 0 Å². The van der Waals surface area contributed by atoms with Crippen LogP contribution in [0.2, 0.25) is 0 Å². The van der Waals surface area contributed by atoms with Gasteiger partial charge >= 0.3 is 0 Å². The molecule has 1 aliphatic rings. The molecule has 1 aliphatic heterocycles. The van der Waals surface area contributed by atoms with Gasteiger partial charge in [0.2, 0.25) is 11.7 Å². The number of hydrogen-bond acceptors (Lipinski definition) is 5. The third-order valence-electron chi connectivity index (χ3n) is 2.78. The number of benzene rings is 1. The second kappa shape index (κ2) is 3.85. The molecule has 88 valence electrons. The Bertz CT molecular complexity index is 511. The van der Waals surface area contributed by atoms with Crippen LogP contribution in [-0.4, -0.2) is 10.1 Å². The molecule has 0 aliphatic carbocycles. The van der Waals surface area contributed by atoms with Crippen molar-refractivity contribution in [2.75, 3.05) is 0 Å². The number of ether oxygens (including phenoxy) is 1. The molecule has 5 heteroatoms. The zero-order valence-electron chi connectivity index (χ0n) is 9.46. The van der Waals surface area contributed by atoms with Crippen molar-refractivity contribution in [1.29, 1.82) is 0 Å². The second-order valence-electron chi connectivity index (χ2n) is 4.20. The molecule has 3 rings (SSSR count). The van der Waals surface area contributed by atoms with E-state index in [0.717, 1.165) is 12.2 Å². The van der Waals surface area contributed by atoms with Gasteiger partial charge in [0.1, 0.15) is 5.75 Å². The Morgan fingerprint density at radius 1 is 1.41 bits per heavy atom. The zero-order chi connectivity index (χ0) is 11.8. The molecule has 2 atom stereocenters. The minimum Gasteiger partial charge on any atom is -0.482 e. The highest BCUT2D eigenvalue weighted by Crippen LogP contribution is 2.35. The molecule has 1 aromatic heterocycles. The maximum absolute atomic E-state index is 5.76. The van der Waals surface area contributed by atoms with Gasteiger partial charge in [0.15, 0.2) is 6.10 Å². The van der Waals surface area contributed by atoms with Gasteiger partial charge in [0, 0.05) is 6.42 Å². The Balaban J connectivity index is 1.84. The van der Waals surface area contributed by atoms with Crippen LogP contribution < -0.4 is 10.5 Å². The van der Waals surface area contributed by atoms with Crippen molar-refractivity contribution in [3.63, 3.8) is 0 Å². The number of nitrogens with two attached hydrogens (primary N) is 1. The second-order valence-corrected chi connectivity index (χ2v) is 4.20. The van der Waals surface area contributed by atoms with E-state index in [1.165, 1.54) is 5.56 Å². The quantitative estimate of drug-likeness (QED) is 0.852. The summed E-state index contributed by atoms with van der Waals surface area (Å²) in [7, 11) is 0. The van der Waals surface area contributed by atoms with Crippen molar-refractivity contribution < 1.29 is 9.26 Å². The van der Waals surface area contributed by atoms with Crippen LogP contribution in [0.4, 0.5) is 0 Å². The van der Waals surface area contributed by atoms with Crippen molar-refractivity contribution >= 4 is 0 Å². The molecule has 0 fully saturated rings. The normalized spacial score (nSPS) is 19.8. The molecule has 0 spiro atoms. The van der Waals surface area contributed by atoms with Crippen molar-refractivity contribution in [2.24, 2.45) is 5.73 Å². The highest BCUT2D eigenvalue weighted by molar-refractivity contribution is 5.37. The lowest BCUT2D eigenvalue weighted by Crippen LogP contribution is -2.08. The fourth-order valence-electron chi connectivity index (χ4n) is 1.89. The van der Waals surface area contributed by atoms with E-state index in [1.807, 2.05) is 31.2 Å². The molecule has 0 bridgehead atoms. The molecule has 17 heavy (non-hydrogen) atoms. The predicted octanol–water partition coefficient (Wildman–Crippen LogP) is 1.77. The van der Waals surface area contributed by atoms with E-state index in [-0.39, 0.29) is 12.1 Å². The van der Waals surface area contributed by atoms with E-state index < -0.39 is 0 Å². The first-order chi connectivity index (χ1) is 8.24. The molecule has 0 saturated heterocycles. The zero-order valence-corrected chi connectivity index (χ0v) is 9.46. The van der Waals surface area contributed by atoms with Crippen molar-refractivity contribution in [3.05, 3.63) is 41.5 Å². The van der Waals surface area contributed by atoms with Crippen LogP contribution in [0.5, 0.6) is 5.75 Å². The van der Waals surface area contributed by atoms with E-state index in [1.54, 1.807) is 0 Å². The molecule has 1 unspecified atom stereocenters. The summed E-state index contributed by atoms with van der Waals surface area (Å²) in [5.41, 5.74) is 6.84. The third-order valence-corrected chi connectivity index (χ3v) is 2.78. The summed E-state index contributed by atoms with van der Waals surface area (Å²) in [6.07, 6.45) is 0.609. The topological polar surface area (TPSA) is 74.2 Å². The molecule has 0 saturated carbocycles. The smallest absolute Gasteiger partial charge is 0.243 e. The molecular weight excluding hydrogens is 218 g/mol. The molecule has 2 heterocycles. The van der Waals surface area contributed by atoms with Gasteiger partial charge in [0.05, 0.1) is 6.04 Å². The van der Waals surface area contributed by atoms with Gasteiger partial charge in [-0.2, -0.15) is 4.98 Å². The summed E-state index contributed by atoms with van der Waals surface area (Å²) in [5.74, 6) is 1.90. The van der Waals surface area contributed by atoms with Gasteiger partial charge in [-0.1, -0.05) is 23.4 Å². The molecule has 0 amide bonds. The molecule has 5 nitrogen and oxygen atoms in total. The number of aromatic nitrogens is 2. The largest absolute Gasteiger partial charge is 0.482 e. The van der Waals surface area contributed by atoms with Crippen molar-refractivity contribution in [2.45, 2.75) is 25.5 Å². The number of nitrogens with zero attached hydrogens (tertiary/aromatic N) is 2. The van der Waals surface area contributed by atoms with Crippen LogP contribution in [-0.2, 0) is 6.42 Å². The lowest BCUT2D eigenvalue weighted by Gasteiger charge is -2.04. The van der Waals surface area contributed by atoms with Crippen LogP contribution in [0.25, 0.3) is 0 Å². The minimum absolute atomic E-state index is 0.163. The summed E-state index contributed by atoms with van der Waals surface area (Å²) in [6, 6.07) is 7.68. The standard InChI is InChI=1S/C12H13N3O2/c1-7(13)12-14-11(15-17-12)10-6-8-4-2-3-5-9(8)16-10/h2-5,7,10H,6,13H2,1H3/t7-,10?/m1/s1. The number of hydrogen-bond donors (Lipinski definition) is 1. The van der Waals surface area contributed by atoms with Crippen molar-refractivity contribution in [1.82, 2.24) is 10.1 Å². The SMILES string of the molecule is C[C@@H](N)c1nc(C2Cc3ccccc3O2)no1. The monoisotopic (exact) mass is 231 g/mol. The lowest BCUT2D eigenvalue weighted by atomic mass is 10.1. The summed E-state index contributed by atoms with van der Waals surface area (Å²) in [4.78, 5) is 4.25. The van der Waals surface area contributed by atoms with Gasteiger partial charge in [0.25, 0.3) is 0 Å². The average Bonchev–Trinajstić information content (AvgIpc) is 2.95. The van der Waals surface area contributed by atoms with E-state index in [9.17, 15) is 0 Å². The maximum Gasteiger partial charge on any atom is 0.243 e. The van der Waals surface area contributed by atoms with E-state index in [2.05, 4.69) is 10.1 Å². The van der Waals surface area contributed by atoms with Crippen LogP contribution in [0.1, 0.15) is 36.3 Å². The summed E-state index contributed by atoms with van der Waals surface area (Å²) >= 11 is 0. The Hall–Kier alpha value is -1.88. The molecule has 2 aromatic rings. The summed E-state index contributed by atoms with van der Waals surface area (Å²) in [5, 5.41) is 3.91. The summed E-state index contributed by atoms with van der Waals surface area (Å²) in [6.45, 7) is 1.81. The first kappa shape index (κ1) is 10.3. The van der Waals surface area contributed by atoms with Crippen LogP contribution >= 0.6 is 0 Å². The Kier molecular flexibility index (Phi) is 2.33. The summed E-state index contributed by atoms with van der Waals surface area (Å²) < 4.78 is 10.8. The lowest BCUT2D eigenvalue weighted by molar-refractivity contribution is 0.221. The van der Waals surface area contributed by atoms with Crippen LogP contribution in [0.15, 0.2) is 28.8 Å². The fraction of sp³-hybridized carbons (Fsp3) is 0.333. The van der Waals surface area contributed by atoms with Gasteiger partial charge in [-0.05, 0) is 18.6 Å². The van der Waals surface area contributed by atoms with Gasteiger partial charge in [-0.25, -0.2) is 0 Å². The van der Waals surface area contributed by atoms with E-state index in [0.29, 0.717) is 11.7 Å². The Labute approximate surface area is 98.6 Å². The number of fused-ring (bicyclic) bond motifs is 1. The van der Waals surface area contributed by atoms with Gasteiger partial charge in [-0.15, -0.1) is 0 Å². The van der Waals surface area contributed by atoms with Crippen molar-refractivity contribution in [3.8, 4) is 5.75 Å². The van der Waals surface area contributed by atoms with Crippen LogP contribution in [0.3, 0.4) is 0 Å². The first-order valence-corrected chi connectivity index (χ1v) is 5.57. The predicted molar refractivity (Wildman–Crippen MR) is 60.4 cm³/mol. The molecule has 2 N–H and O–H groups in total. The molecule has 0 radical (unpaired) electrons. The van der Waals surface area contributed by atoms with Gasteiger partial charge in [-0.3, -0.25) is 0 Å².